The average Bonchev–Trinajstić information content (AvgIpc) is 3.05. The Morgan fingerprint density at radius 1 is 1.21 bits per heavy atom. The van der Waals surface area contributed by atoms with Gasteiger partial charge in [0.05, 0.1) is 10.5 Å². The van der Waals surface area contributed by atoms with Crippen LogP contribution in [-0.2, 0) is 22.6 Å². The van der Waals surface area contributed by atoms with Gasteiger partial charge in [0.2, 0.25) is 16.0 Å². The van der Waals surface area contributed by atoms with E-state index in [4.69, 9.17) is 5.73 Å². The fourth-order valence-corrected chi connectivity index (χ4v) is 3.58. The largest absolute Gasteiger partial charge is 0.417 e. The van der Waals surface area contributed by atoms with E-state index in [9.17, 15) is 26.0 Å². The highest BCUT2D eigenvalue weighted by atomic mass is 32.2. The molecule has 12 heteroatoms. The Kier molecular flexibility index (Phi) is 5.32. The predicted molar refractivity (Wildman–Crippen MR) is 96.7 cm³/mol. The zero-order valence-corrected chi connectivity index (χ0v) is 15.7. The number of nitrogens with one attached hydrogen (secondary N) is 2. The van der Waals surface area contributed by atoms with Crippen molar-refractivity contribution in [2.75, 3.05) is 12.8 Å². The minimum absolute atomic E-state index is 0.00581. The first-order valence-electron chi connectivity index (χ1n) is 8.11. The Morgan fingerprint density at radius 2 is 1.93 bits per heavy atom. The third-order valence-corrected chi connectivity index (χ3v) is 5.49. The molecule has 29 heavy (non-hydrogen) atoms. The Labute approximate surface area is 163 Å². The van der Waals surface area contributed by atoms with Crippen molar-refractivity contribution in [1.82, 2.24) is 19.9 Å². The summed E-state index contributed by atoms with van der Waals surface area (Å²) < 4.78 is 81.8. The molecule has 154 valence electrons. The molecule has 0 amide bonds. The number of benzene rings is 2. The molecule has 1 aromatic heterocycles. The molecule has 0 fully saturated rings. The summed E-state index contributed by atoms with van der Waals surface area (Å²) in [6.45, 7) is 0. The quantitative estimate of drug-likeness (QED) is 0.540. The van der Waals surface area contributed by atoms with Crippen molar-refractivity contribution in [2.45, 2.75) is 17.5 Å². The summed E-state index contributed by atoms with van der Waals surface area (Å²) in [7, 11) is -2.76. The normalized spacial score (nSPS) is 12.3. The van der Waals surface area contributed by atoms with E-state index in [-0.39, 0.29) is 34.2 Å². The smallest absolute Gasteiger partial charge is 0.367 e. The van der Waals surface area contributed by atoms with Crippen molar-refractivity contribution in [1.29, 1.82) is 0 Å². The molecule has 0 atom stereocenters. The second-order valence-electron chi connectivity index (χ2n) is 6.05. The van der Waals surface area contributed by atoms with E-state index in [0.717, 1.165) is 25.2 Å². The number of alkyl halides is 3. The molecule has 0 saturated heterocycles. The van der Waals surface area contributed by atoms with E-state index < -0.39 is 33.1 Å². The highest BCUT2D eigenvalue weighted by Crippen LogP contribution is 2.40. The summed E-state index contributed by atoms with van der Waals surface area (Å²) in [5, 5.41) is 6.02. The van der Waals surface area contributed by atoms with Crippen LogP contribution in [-0.4, -0.2) is 30.6 Å². The van der Waals surface area contributed by atoms with E-state index in [0.29, 0.717) is 0 Å². The number of sulfonamides is 1. The van der Waals surface area contributed by atoms with Crippen LogP contribution in [0.15, 0.2) is 41.3 Å². The Morgan fingerprint density at radius 3 is 2.52 bits per heavy atom. The number of nitrogen functional groups attached to an aromatic ring is 1. The molecule has 3 rings (SSSR count). The molecule has 0 aliphatic carbocycles. The molecular weight excluding hydrogens is 414 g/mol. The van der Waals surface area contributed by atoms with Gasteiger partial charge in [0.25, 0.3) is 0 Å². The number of aromatic nitrogens is 3. The van der Waals surface area contributed by atoms with Crippen LogP contribution in [0.5, 0.6) is 0 Å². The van der Waals surface area contributed by atoms with Crippen LogP contribution in [0.2, 0.25) is 0 Å². The van der Waals surface area contributed by atoms with Gasteiger partial charge in [0.15, 0.2) is 0 Å². The van der Waals surface area contributed by atoms with Gasteiger partial charge in [0.1, 0.15) is 11.6 Å². The average molecular weight is 429 g/mol. The lowest BCUT2D eigenvalue weighted by atomic mass is 9.95. The Hall–Kier alpha value is -2.99. The minimum Gasteiger partial charge on any atom is -0.367 e. The zero-order valence-electron chi connectivity index (χ0n) is 14.9. The monoisotopic (exact) mass is 429 g/mol. The van der Waals surface area contributed by atoms with E-state index >= 15 is 0 Å². The summed E-state index contributed by atoms with van der Waals surface area (Å²) in [5.41, 5.74) is 3.15. The van der Waals surface area contributed by atoms with Gasteiger partial charge in [0, 0.05) is 12.0 Å². The van der Waals surface area contributed by atoms with Gasteiger partial charge < -0.3 is 5.73 Å². The van der Waals surface area contributed by atoms with Crippen molar-refractivity contribution < 1.29 is 26.0 Å². The second kappa shape index (κ2) is 7.44. The molecule has 0 aliphatic heterocycles. The lowest BCUT2D eigenvalue weighted by molar-refractivity contribution is -0.137. The fraction of sp³-hybridized carbons (Fsp3) is 0.176. The zero-order chi connectivity index (χ0) is 21.4. The van der Waals surface area contributed by atoms with Gasteiger partial charge in [-0.1, -0.05) is 12.1 Å². The topological polar surface area (TPSA) is 114 Å². The van der Waals surface area contributed by atoms with Crippen LogP contribution >= 0.6 is 0 Å². The van der Waals surface area contributed by atoms with Crippen molar-refractivity contribution in [3.8, 4) is 11.1 Å². The first-order valence-corrected chi connectivity index (χ1v) is 9.60. The Bertz CT molecular complexity index is 1160. The fourth-order valence-electron chi connectivity index (χ4n) is 2.80. The first kappa shape index (κ1) is 20.7. The van der Waals surface area contributed by atoms with Crippen LogP contribution < -0.4 is 10.5 Å². The molecule has 0 unspecified atom stereocenters. The second-order valence-corrected chi connectivity index (χ2v) is 7.94. The third kappa shape index (κ3) is 4.38. The number of nitrogens with zero attached hydrogens (tertiary/aromatic N) is 2. The molecule has 4 N–H and O–H groups in total. The van der Waals surface area contributed by atoms with Crippen molar-refractivity contribution in [3.63, 3.8) is 0 Å². The SMILES string of the molecule is CNS(=O)(=O)c1cccc(-c2c(F)cc(Cc3nc(N)n[nH]3)cc2C(F)(F)F)c1. The summed E-state index contributed by atoms with van der Waals surface area (Å²) in [6, 6.07) is 6.35. The summed E-state index contributed by atoms with van der Waals surface area (Å²) in [5.74, 6) is -1.07. The van der Waals surface area contributed by atoms with Crippen LogP contribution in [0, 0.1) is 5.82 Å². The van der Waals surface area contributed by atoms with Gasteiger partial charge in [-0.3, -0.25) is 5.10 Å². The highest BCUT2D eigenvalue weighted by Gasteiger charge is 2.36. The molecule has 0 radical (unpaired) electrons. The summed E-state index contributed by atoms with van der Waals surface area (Å²) >= 11 is 0. The maximum atomic E-state index is 14.8. The molecule has 1 heterocycles. The third-order valence-electron chi connectivity index (χ3n) is 4.08. The van der Waals surface area contributed by atoms with Crippen LogP contribution in [0.1, 0.15) is 17.0 Å². The molecular formula is C17H15F4N5O2S. The van der Waals surface area contributed by atoms with Gasteiger partial charge >= 0.3 is 6.18 Å². The van der Waals surface area contributed by atoms with Crippen LogP contribution in [0.3, 0.4) is 0 Å². The molecule has 0 aliphatic rings. The Balaban J connectivity index is 2.15. The molecule has 2 aromatic carbocycles. The highest BCUT2D eigenvalue weighted by molar-refractivity contribution is 7.89. The number of hydrogen-bond acceptors (Lipinski definition) is 5. The maximum absolute atomic E-state index is 14.8. The van der Waals surface area contributed by atoms with Crippen LogP contribution in [0.25, 0.3) is 11.1 Å². The van der Waals surface area contributed by atoms with E-state index in [1.54, 1.807) is 0 Å². The lowest BCUT2D eigenvalue weighted by Crippen LogP contribution is -2.18. The van der Waals surface area contributed by atoms with Crippen LogP contribution in [0.4, 0.5) is 23.5 Å². The van der Waals surface area contributed by atoms with E-state index in [2.05, 4.69) is 19.9 Å². The van der Waals surface area contributed by atoms with E-state index in [1.807, 2.05) is 0 Å². The van der Waals surface area contributed by atoms with Crippen molar-refractivity contribution >= 4 is 16.0 Å². The molecule has 0 saturated carbocycles. The van der Waals surface area contributed by atoms with Gasteiger partial charge in [-0.25, -0.2) is 17.5 Å². The van der Waals surface area contributed by atoms with Crippen molar-refractivity contribution in [2.24, 2.45) is 0 Å². The van der Waals surface area contributed by atoms with Gasteiger partial charge in [-0.2, -0.15) is 18.2 Å². The number of rotatable bonds is 5. The molecule has 0 bridgehead atoms. The number of nitrogens with two attached hydrogens (primary N) is 1. The number of H-pyrrole nitrogens is 1. The predicted octanol–water partition coefficient (Wildman–Crippen LogP) is 2.71. The van der Waals surface area contributed by atoms with Gasteiger partial charge in [-0.05, 0) is 42.4 Å². The van der Waals surface area contributed by atoms with Crippen molar-refractivity contribution in [3.05, 3.63) is 59.2 Å². The first-order chi connectivity index (χ1) is 13.5. The number of hydrogen-bond donors (Lipinski definition) is 3. The lowest BCUT2D eigenvalue weighted by Gasteiger charge is -2.16. The molecule has 7 nitrogen and oxygen atoms in total. The number of halogens is 4. The summed E-state index contributed by atoms with van der Waals surface area (Å²) in [4.78, 5) is 3.50. The summed E-state index contributed by atoms with van der Waals surface area (Å²) in [6.07, 6.45) is -5.04. The molecule has 0 spiro atoms. The van der Waals surface area contributed by atoms with Gasteiger partial charge in [-0.15, -0.1) is 5.10 Å². The maximum Gasteiger partial charge on any atom is 0.417 e. The number of anilines is 1. The standard InChI is InChI=1S/C17H15F4N5O2S/c1-23-29(27,28)11-4-2-3-10(8-11)15-12(17(19,20)21)5-9(6-13(15)18)7-14-24-16(22)26-25-14/h2-6,8,23H,7H2,1H3,(H3,22,24,25,26). The van der Waals surface area contributed by atoms with E-state index in [1.165, 1.54) is 18.2 Å². The molecule has 3 aromatic rings. The number of aromatic amines is 1. The minimum atomic E-state index is -4.88.